The molecule has 0 atom stereocenters. The molecular formula is C26H33N3O5S. The molecule has 0 bridgehead atoms. The number of hydrogen-bond acceptors (Lipinski definition) is 6. The molecule has 0 radical (unpaired) electrons. The number of ether oxygens (including phenoxy) is 1. The zero-order chi connectivity index (χ0) is 25.0. The molecule has 2 aromatic rings. The Bertz CT molecular complexity index is 1200. The third-order valence-corrected chi connectivity index (χ3v) is 8.66. The van der Waals surface area contributed by atoms with Crippen molar-refractivity contribution in [1.29, 1.82) is 0 Å². The normalized spacial score (nSPS) is 17.1. The van der Waals surface area contributed by atoms with Gasteiger partial charge in [0.25, 0.3) is 5.91 Å². The first-order chi connectivity index (χ1) is 16.8. The molecular weight excluding hydrogens is 466 g/mol. The molecule has 9 heteroatoms. The average molecular weight is 500 g/mol. The van der Waals surface area contributed by atoms with Gasteiger partial charge in [-0.2, -0.15) is 4.31 Å². The molecule has 2 heterocycles. The maximum absolute atomic E-state index is 13.6. The fourth-order valence-electron chi connectivity index (χ4n) is 4.71. The summed E-state index contributed by atoms with van der Waals surface area (Å²) in [5.74, 6) is -0.907. The fourth-order valence-corrected chi connectivity index (χ4v) is 6.26. The first-order valence-corrected chi connectivity index (χ1v) is 13.6. The first-order valence-electron chi connectivity index (χ1n) is 12.2. The van der Waals surface area contributed by atoms with Crippen LogP contribution in [0.5, 0.6) is 0 Å². The van der Waals surface area contributed by atoms with Crippen LogP contribution < -0.4 is 10.2 Å². The summed E-state index contributed by atoms with van der Waals surface area (Å²) < 4.78 is 33.0. The average Bonchev–Trinajstić information content (AvgIpc) is 2.90. The SMILES string of the molecule is COC(=O)c1ccc(C)c(NC(=O)c2cc(S(=O)(=O)N3CCCCC3)ccc2N2CCCCC2)c1. The fraction of sp³-hybridized carbons (Fsp3) is 0.462. The number of methoxy groups -OCH3 is 1. The minimum atomic E-state index is -3.69. The van der Waals surface area contributed by atoms with Crippen LogP contribution in [-0.4, -0.2) is 57.9 Å². The monoisotopic (exact) mass is 499 g/mol. The summed E-state index contributed by atoms with van der Waals surface area (Å²) in [5, 5.41) is 2.90. The van der Waals surface area contributed by atoms with Crippen molar-refractivity contribution in [3.8, 4) is 0 Å². The van der Waals surface area contributed by atoms with E-state index in [4.69, 9.17) is 4.74 Å². The van der Waals surface area contributed by atoms with Crippen LogP contribution >= 0.6 is 0 Å². The Morgan fingerprint density at radius 3 is 2.20 bits per heavy atom. The Balaban J connectivity index is 1.71. The molecule has 2 aliphatic heterocycles. The summed E-state index contributed by atoms with van der Waals surface area (Å²) in [6.45, 7) is 4.46. The number of rotatable bonds is 6. The van der Waals surface area contributed by atoms with Crippen LogP contribution in [0.15, 0.2) is 41.3 Å². The smallest absolute Gasteiger partial charge is 0.337 e. The van der Waals surface area contributed by atoms with Crippen LogP contribution in [0.2, 0.25) is 0 Å². The maximum Gasteiger partial charge on any atom is 0.337 e. The van der Waals surface area contributed by atoms with E-state index in [1.165, 1.54) is 17.5 Å². The molecule has 2 aliphatic rings. The predicted molar refractivity (Wildman–Crippen MR) is 136 cm³/mol. The van der Waals surface area contributed by atoms with Crippen molar-refractivity contribution in [2.24, 2.45) is 0 Å². The number of anilines is 2. The van der Waals surface area contributed by atoms with E-state index in [2.05, 4.69) is 10.2 Å². The Morgan fingerprint density at radius 1 is 0.886 bits per heavy atom. The number of benzene rings is 2. The van der Waals surface area contributed by atoms with Crippen LogP contribution in [0, 0.1) is 6.92 Å². The van der Waals surface area contributed by atoms with Crippen molar-refractivity contribution in [3.63, 3.8) is 0 Å². The highest BCUT2D eigenvalue weighted by molar-refractivity contribution is 7.89. The number of aryl methyl sites for hydroxylation is 1. The van der Waals surface area contributed by atoms with E-state index in [0.717, 1.165) is 62.9 Å². The van der Waals surface area contributed by atoms with E-state index in [0.29, 0.717) is 29.9 Å². The van der Waals surface area contributed by atoms with Gasteiger partial charge in [-0.05, 0) is 74.9 Å². The van der Waals surface area contributed by atoms with Gasteiger partial charge in [0, 0.05) is 37.6 Å². The lowest BCUT2D eigenvalue weighted by molar-refractivity contribution is 0.0600. The summed E-state index contributed by atoms with van der Waals surface area (Å²) in [7, 11) is -2.39. The summed E-state index contributed by atoms with van der Waals surface area (Å²) in [5.41, 5.74) is 2.62. The number of piperidine rings is 2. The Labute approximate surface area is 207 Å². The molecule has 1 N–H and O–H groups in total. The second-order valence-corrected chi connectivity index (χ2v) is 11.1. The van der Waals surface area contributed by atoms with Crippen LogP contribution in [0.1, 0.15) is 64.8 Å². The third-order valence-electron chi connectivity index (χ3n) is 6.77. The quantitative estimate of drug-likeness (QED) is 0.599. The van der Waals surface area contributed by atoms with Crippen LogP contribution in [0.4, 0.5) is 11.4 Å². The number of carbonyl (C=O) groups excluding carboxylic acids is 2. The van der Waals surface area contributed by atoms with Crippen molar-refractivity contribution in [2.45, 2.75) is 50.3 Å². The van der Waals surface area contributed by atoms with Crippen LogP contribution in [0.25, 0.3) is 0 Å². The van der Waals surface area contributed by atoms with Crippen molar-refractivity contribution in [3.05, 3.63) is 53.1 Å². The lowest BCUT2D eigenvalue weighted by Gasteiger charge is -2.31. The molecule has 0 aliphatic carbocycles. The molecule has 4 rings (SSSR count). The van der Waals surface area contributed by atoms with Crippen molar-refractivity contribution in [1.82, 2.24) is 4.31 Å². The topological polar surface area (TPSA) is 96.0 Å². The molecule has 8 nitrogen and oxygen atoms in total. The lowest BCUT2D eigenvalue weighted by atomic mass is 10.1. The molecule has 0 spiro atoms. The molecule has 1 amide bonds. The highest BCUT2D eigenvalue weighted by atomic mass is 32.2. The number of esters is 1. The van der Waals surface area contributed by atoms with Gasteiger partial charge in [-0.25, -0.2) is 13.2 Å². The van der Waals surface area contributed by atoms with Crippen molar-refractivity contribution >= 4 is 33.3 Å². The molecule has 35 heavy (non-hydrogen) atoms. The number of hydrogen-bond donors (Lipinski definition) is 1. The van der Waals surface area contributed by atoms with E-state index < -0.39 is 21.9 Å². The highest BCUT2D eigenvalue weighted by Gasteiger charge is 2.29. The van der Waals surface area contributed by atoms with Gasteiger partial charge in [0.05, 0.1) is 23.1 Å². The molecule has 2 fully saturated rings. The van der Waals surface area contributed by atoms with E-state index in [9.17, 15) is 18.0 Å². The molecule has 0 unspecified atom stereocenters. The summed E-state index contributed by atoms with van der Waals surface area (Å²) >= 11 is 0. The second kappa shape index (κ2) is 10.8. The van der Waals surface area contributed by atoms with Crippen molar-refractivity contribution in [2.75, 3.05) is 43.5 Å². The van der Waals surface area contributed by atoms with Gasteiger partial charge < -0.3 is 15.0 Å². The van der Waals surface area contributed by atoms with Crippen LogP contribution in [0.3, 0.4) is 0 Å². The zero-order valence-electron chi connectivity index (χ0n) is 20.4. The number of carbonyl (C=O) groups is 2. The predicted octanol–water partition coefficient (Wildman–Crippen LogP) is 4.20. The Hall–Kier alpha value is -2.91. The molecule has 0 saturated carbocycles. The van der Waals surface area contributed by atoms with Crippen molar-refractivity contribution < 1.29 is 22.7 Å². The third kappa shape index (κ3) is 5.51. The van der Waals surface area contributed by atoms with E-state index in [-0.39, 0.29) is 4.90 Å². The Morgan fingerprint density at radius 2 is 1.54 bits per heavy atom. The minimum absolute atomic E-state index is 0.130. The van der Waals surface area contributed by atoms with E-state index in [1.54, 1.807) is 30.3 Å². The van der Waals surface area contributed by atoms with Gasteiger partial charge >= 0.3 is 5.97 Å². The molecule has 2 aromatic carbocycles. The van der Waals surface area contributed by atoms with E-state index >= 15 is 0 Å². The van der Waals surface area contributed by atoms with Gasteiger partial charge in [-0.3, -0.25) is 4.79 Å². The van der Waals surface area contributed by atoms with Gasteiger partial charge in [-0.1, -0.05) is 12.5 Å². The van der Waals surface area contributed by atoms with Gasteiger partial charge in [0.2, 0.25) is 10.0 Å². The molecule has 2 saturated heterocycles. The lowest BCUT2D eigenvalue weighted by Crippen LogP contribution is -2.36. The highest BCUT2D eigenvalue weighted by Crippen LogP contribution is 2.30. The number of nitrogens with zero attached hydrogens (tertiary/aromatic N) is 2. The zero-order valence-corrected chi connectivity index (χ0v) is 21.2. The molecule has 188 valence electrons. The largest absolute Gasteiger partial charge is 0.465 e. The van der Waals surface area contributed by atoms with Gasteiger partial charge in [0.1, 0.15) is 0 Å². The van der Waals surface area contributed by atoms with Crippen LogP contribution in [-0.2, 0) is 14.8 Å². The van der Waals surface area contributed by atoms with E-state index in [1.807, 2.05) is 6.92 Å². The minimum Gasteiger partial charge on any atom is -0.465 e. The number of nitrogens with one attached hydrogen (secondary N) is 1. The Kier molecular flexibility index (Phi) is 7.76. The van der Waals surface area contributed by atoms with Gasteiger partial charge in [0.15, 0.2) is 0 Å². The maximum atomic E-state index is 13.6. The standard InChI is InChI=1S/C26H33N3O5S/c1-19-9-10-20(26(31)34-2)17-23(19)27-25(30)22-18-21(35(32,33)29-15-7-4-8-16-29)11-12-24(22)28-13-5-3-6-14-28/h9-12,17-18H,3-8,13-16H2,1-2H3,(H,27,30). The summed E-state index contributed by atoms with van der Waals surface area (Å²) in [4.78, 5) is 27.8. The molecule has 0 aromatic heterocycles. The summed E-state index contributed by atoms with van der Waals surface area (Å²) in [6.07, 6.45) is 5.89. The summed E-state index contributed by atoms with van der Waals surface area (Å²) in [6, 6.07) is 9.84. The van der Waals surface area contributed by atoms with Gasteiger partial charge in [-0.15, -0.1) is 0 Å². The second-order valence-electron chi connectivity index (χ2n) is 9.17. The number of sulfonamides is 1. The number of amides is 1. The first kappa shape index (κ1) is 25.2.